The van der Waals surface area contributed by atoms with Crippen molar-refractivity contribution < 1.29 is 22.7 Å². The van der Waals surface area contributed by atoms with Crippen LogP contribution in [-0.2, 0) is 32.6 Å². The summed E-state index contributed by atoms with van der Waals surface area (Å²) in [7, 11) is -4.19. The fraction of sp³-hybridized carbons (Fsp3) is 0.333. The van der Waals surface area contributed by atoms with E-state index in [1.807, 2.05) is 68.4 Å². The summed E-state index contributed by atoms with van der Waals surface area (Å²) in [5.41, 5.74) is 3.13. The first-order valence-electron chi connectivity index (χ1n) is 16.7. The summed E-state index contributed by atoms with van der Waals surface area (Å²) >= 11 is 0. The van der Waals surface area contributed by atoms with Crippen LogP contribution in [0.1, 0.15) is 55.7 Å². The van der Waals surface area contributed by atoms with E-state index in [2.05, 4.69) is 5.32 Å². The highest BCUT2D eigenvalue weighted by Gasteiger charge is 2.35. The number of sulfonamides is 1. The molecule has 2 amide bonds. The van der Waals surface area contributed by atoms with E-state index in [0.717, 1.165) is 53.1 Å². The number of nitrogens with one attached hydrogen (secondary N) is 1. The molecule has 0 radical (unpaired) electrons. The summed E-state index contributed by atoms with van der Waals surface area (Å²) in [4.78, 5) is 30.5. The number of carbonyl (C=O) groups excluding carboxylic acids is 2. The molecule has 0 heterocycles. The highest BCUT2D eigenvalue weighted by atomic mass is 32.2. The van der Waals surface area contributed by atoms with Crippen LogP contribution < -0.4 is 14.4 Å². The Morgan fingerprint density at radius 2 is 1.48 bits per heavy atom. The number of hydrogen-bond acceptors (Lipinski definition) is 5. The molecule has 0 aliphatic heterocycles. The van der Waals surface area contributed by atoms with Crippen molar-refractivity contribution in [3.63, 3.8) is 0 Å². The third kappa shape index (κ3) is 9.04. The van der Waals surface area contributed by atoms with Gasteiger partial charge in [0, 0.05) is 19.0 Å². The average Bonchev–Trinajstić information content (AvgIpc) is 3.10. The molecule has 252 valence electrons. The Bertz CT molecular complexity index is 1740. The van der Waals surface area contributed by atoms with Crippen molar-refractivity contribution in [2.75, 3.05) is 17.5 Å². The van der Waals surface area contributed by atoms with Crippen molar-refractivity contribution in [3.05, 3.63) is 126 Å². The first-order valence-corrected chi connectivity index (χ1v) is 18.2. The maximum Gasteiger partial charge on any atom is 0.264 e. The number of benzene rings is 4. The molecule has 1 aliphatic carbocycles. The highest BCUT2D eigenvalue weighted by molar-refractivity contribution is 7.92. The van der Waals surface area contributed by atoms with Crippen LogP contribution in [0.4, 0.5) is 5.69 Å². The van der Waals surface area contributed by atoms with Gasteiger partial charge in [0.05, 0.1) is 17.2 Å². The largest absolute Gasteiger partial charge is 0.494 e. The van der Waals surface area contributed by atoms with E-state index in [0.29, 0.717) is 18.0 Å². The number of hydrogen-bond donors (Lipinski definition) is 1. The Hall–Kier alpha value is -4.63. The van der Waals surface area contributed by atoms with Gasteiger partial charge < -0.3 is 15.0 Å². The van der Waals surface area contributed by atoms with E-state index in [1.54, 1.807) is 47.4 Å². The number of para-hydroxylation sites is 1. The second kappa shape index (κ2) is 16.5. The number of carbonyl (C=O) groups is 2. The lowest BCUT2D eigenvalue weighted by atomic mass is 9.94. The molecular formula is C39H45N3O5S. The van der Waals surface area contributed by atoms with Gasteiger partial charge in [-0.3, -0.25) is 13.9 Å². The molecule has 0 saturated heterocycles. The van der Waals surface area contributed by atoms with Crippen molar-refractivity contribution in [1.29, 1.82) is 0 Å². The summed E-state index contributed by atoms with van der Waals surface area (Å²) in [6.45, 7) is 3.94. The molecule has 4 aromatic rings. The van der Waals surface area contributed by atoms with Gasteiger partial charge in [-0.25, -0.2) is 8.42 Å². The van der Waals surface area contributed by atoms with Crippen molar-refractivity contribution in [1.82, 2.24) is 10.2 Å². The molecular weight excluding hydrogens is 623 g/mol. The summed E-state index contributed by atoms with van der Waals surface area (Å²) in [6.07, 6.45) is 5.34. The van der Waals surface area contributed by atoms with Gasteiger partial charge in [-0.15, -0.1) is 0 Å². The molecule has 1 N–H and O–H groups in total. The van der Waals surface area contributed by atoms with Crippen LogP contribution in [0.3, 0.4) is 0 Å². The Morgan fingerprint density at radius 3 is 2.12 bits per heavy atom. The van der Waals surface area contributed by atoms with Gasteiger partial charge in [-0.1, -0.05) is 97.6 Å². The van der Waals surface area contributed by atoms with Gasteiger partial charge in [0.2, 0.25) is 11.8 Å². The van der Waals surface area contributed by atoms with E-state index >= 15 is 0 Å². The van der Waals surface area contributed by atoms with Gasteiger partial charge in [0.15, 0.2) is 0 Å². The van der Waals surface area contributed by atoms with E-state index < -0.39 is 28.5 Å². The maximum absolute atomic E-state index is 14.7. The first-order chi connectivity index (χ1) is 23.2. The number of ether oxygens (including phenoxy) is 1. The standard InChI is InChI=1S/C39H45N3O5S/c1-3-47-35-22-24-36(25-23-35)48(45,46)42(34-20-11-6-12-21-34)29-38(43)41(28-32-17-13-14-30(2)26-32)37(27-31-15-7-4-8-16-31)39(44)40-33-18-9-5-10-19-33/h4,6-8,11-17,20-26,33,37H,3,5,9-10,18-19,27-29H2,1-2H3,(H,40,44). The number of amides is 2. The average molecular weight is 668 g/mol. The molecule has 1 fully saturated rings. The molecule has 0 bridgehead atoms. The van der Waals surface area contributed by atoms with Gasteiger partial charge in [-0.2, -0.15) is 0 Å². The summed E-state index contributed by atoms with van der Waals surface area (Å²) in [5, 5.41) is 3.25. The Kier molecular flexibility index (Phi) is 11.9. The smallest absolute Gasteiger partial charge is 0.264 e. The third-order valence-corrected chi connectivity index (χ3v) is 10.5. The van der Waals surface area contributed by atoms with Crippen molar-refractivity contribution in [2.24, 2.45) is 0 Å². The SMILES string of the molecule is CCOc1ccc(S(=O)(=O)N(CC(=O)N(Cc2cccc(C)c2)C(Cc2ccccc2)C(=O)NC2CCCCC2)c2ccccc2)cc1. The van der Waals surface area contributed by atoms with Crippen LogP contribution in [0.5, 0.6) is 5.75 Å². The molecule has 1 aliphatic rings. The van der Waals surface area contributed by atoms with Crippen LogP contribution in [0.25, 0.3) is 0 Å². The molecule has 5 rings (SSSR count). The minimum atomic E-state index is -4.19. The maximum atomic E-state index is 14.7. The van der Waals surface area contributed by atoms with Crippen LogP contribution in [0.15, 0.2) is 114 Å². The lowest BCUT2D eigenvalue weighted by Crippen LogP contribution is -2.55. The van der Waals surface area contributed by atoms with Crippen LogP contribution in [0.2, 0.25) is 0 Å². The number of aryl methyl sites for hydroxylation is 1. The van der Waals surface area contributed by atoms with Gasteiger partial charge in [0.25, 0.3) is 10.0 Å². The first kappa shape index (κ1) is 34.7. The molecule has 1 atom stereocenters. The fourth-order valence-corrected chi connectivity index (χ4v) is 7.64. The van der Waals surface area contributed by atoms with Crippen LogP contribution in [0, 0.1) is 6.92 Å². The Morgan fingerprint density at radius 1 is 0.833 bits per heavy atom. The highest BCUT2D eigenvalue weighted by Crippen LogP contribution is 2.27. The topological polar surface area (TPSA) is 96.0 Å². The van der Waals surface area contributed by atoms with Gasteiger partial charge >= 0.3 is 0 Å². The van der Waals surface area contributed by atoms with E-state index in [-0.39, 0.29) is 29.8 Å². The molecule has 9 heteroatoms. The predicted molar refractivity (Wildman–Crippen MR) is 189 cm³/mol. The zero-order valence-corrected chi connectivity index (χ0v) is 28.6. The van der Waals surface area contributed by atoms with Crippen LogP contribution >= 0.6 is 0 Å². The molecule has 48 heavy (non-hydrogen) atoms. The zero-order chi connectivity index (χ0) is 33.9. The lowest BCUT2D eigenvalue weighted by molar-refractivity contribution is -0.140. The number of rotatable bonds is 14. The van der Waals surface area contributed by atoms with E-state index in [9.17, 15) is 18.0 Å². The van der Waals surface area contributed by atoms with Crippen molar-refractivity contribution in [2.45, 2.75) is 75.9 Å². The second-order valence-electron chi connectivity index (χ2n) is 12.3. The fourth-order valence-electron chi connectivity index (χ4n) is 6.23. The monoisotopic (exact) mass is 667 g/mol. The molecule has 4 aromatic carbocycles. The lowest BCUT2D eigenvalue weighted by Gasteiger charge is -2.35. The van der Waals surface area contributed by atoms with Gasteiger partial charge in [0.1, 0.15) is 18.3 Å². The van der Waals surface area contributed by atoms with Crippen LogP contribution in [-0.4, -0.2) is 50.4 Å². The van der Waals surface area contributed by atoms with Crippen molar-refractivity contribution >= 4 is 27.5 Å². The van der Waals surface area contributed by atoms with E-state index in [1.165, 1.54) is 12.1 Å². The number of anilines is 1. The zero-order valence-electron chi connectivity index (χ0n) is 27.8. The molecule has 1 unspecified atom stereocenters. The molecule has 8 nitrogen and oxygen atoms in total. The molecule has 1 saturated carbocycles. The second-order valence-corrected chi connectivity index (χ2v) is 14.2. The minimum absolute atomic E-state index is 0.0312. The third-order valence-electron chi connectivity index (χ3n) is 8.70. The molecule has 0 aromatic heterocycles. The normalized spacial score (nSPS) is 14.1. The Labute approximate surface area is 284 Å². The quantitative estimate of drug-likeness (QED) is 0.162. The predicted octanol–water partition coefficient (Wildman–Crippen LogP) is 6.68. The number of nitrogens with zero attached hydrogens (tertiary/aromatic N) is 2. The van der Waals surface area contributed by atoms with Gasteiger partial charge in [-0.05, 0) is 74.2 Å². The summed E-state index contributed by atoms with van der Waals surface area (Å²) in [6, 6.07) is 31.4. The summed E-state index contributed by atoms with van der Waals surface area (Å²) < 4.78 is 35.2. The van der Waals surface area contributed by atoms with Crippen molar-refractivity contribution in [3.8, 4) is 5.75 Å². The minimum Gasteiger partial charge on any atom is -0.494 e. The summed E-state index contributed by atoms with van der Waals surface area (Å²) in [5.74, 6) is -0.155. The molecule has 0 spiro atoms. The van der Waals surface area contributed by atoms with E-state index in [4.69, 9.17) is 4.74 Å². The Balaban J connectivity index is 1.54.